The van der Waals surface area contributed by atoms with E-state index in [9.17, 15) is 26.4 Å². The minimum Gasteiger partial charge on any atom is -0.497 e. The maximum absolute atomic E-state index is 13.5. The van der Waals surface area contributed by atoms with Crippen LogP contribution in [0.1, 0.15) is 29.7 Å². The molecule has 36 heavy (non-hydrogen) atoms. The number of anilines is 1. The van der Waals surface area contributed by atoms with Crippen LogP contribution in [0.2, 0.25) is 5.02 Å². The van der Waals surface area contributed by atoms with Crippen molar-refractivity contribution in [3.63, 3.8) is 0 Å². The molecule has 3 aromatic carbocycles. The van der Waals surface area contributed by atoms with Crippen molar-refractivity contribution in [3.05, 3.63) is 88.4 Å². The van der Waals surface area contributed by atoms with E-state index >= 15 is 0 Å². The van der Waals surface area contributed by atoms with Gasteiger partial charge in [0.05, 0.1) is 34.3 Å². The Morgan fingerprint density at radius 3 is 2.22 bits per heavy atom. The van der Waals surface area contributed by atoms with E-state index in [0.29, 0.717) is 16.1 Å². The first-order chi connectivity index (χ1) is 16.8. The molecule has 0 fully saturated rings. The van der Waals surface area contributed by atoms with E-state index in [1.54, 1.807) is 50.2 Å². The molecule has 0 aromatic heterocycles. The number of carbonyl (C=O) groups is 1. The molecular formula is C25H24ClF3N2O4S. The summed E-state index contributed by atoms with van der Waals surface area (Å²) in [5.41, 5.74) is -0.0438. The number of amides is 1. The summed E-state index contributed by atoms with van der Waals surface area (Å²) < 4.78 is 73.2. The molecule has 0 radical (unpaired) electrons. The number of hydrogen-bond donors (Lipinski definition) is 1. The Hall–Kier alpha value is -3.24. The lowest BCUT2D eigenvalue weighted by Gasteiger charge is -2.26. The van der Waals surface area contributed by atoms with E-state index in [0.717, 1.165) is 23.3 Å². The quantitative estimate of drug-likeness (QED) is 0.395. The molecule has 1 unspecified atom stereocenters. The van der Waals surface area contributed by atoms with Gasteiger partial charge in [-0.25, -0.2) is 8.42 Å². The van der Waals surface area contributed by atoms with Crippen LogP contribution in [0.15, 0.2) is 71.6 Å². The third-order valence-corrected chi connectivity index (χ3v) is 7.55. The van der Waals surface area contributed by atoms with E-state index in [-0.39, 0.29) is 10.6 Å². The Labute approximate surface area is 212 Å². The molecule has 1 amide bonds. The maximum atomic E-state index is 13.5. The van der Waals surface area contributed by atoms with E-state index in [1.807, 2.05) is 0 Å². The monoisotopic (exact) mass is 540 g/mol. The number of halogens is 4. The van der Waals surface area contributed by atoms with Crippen molar-refractivity contribution < 1.29 is 31.1 Å². The predicted octanol–water partition coefficient (Wildman–Crippen LogP) is 5.75. The SMILES string of the molecule is COc1ccc(C(C)NC(=O)CN(c2ccc(Cl)c(C(F)(F)F)c2)S(=O)(=O)c2ccc(C)cc2)cc1. The van der Waals surface area contributed by atoms with Gasteiger partial charge < -0.3 is 10.1 Å². The number of nitrogens with zero attached hydrogens (tertiary/aromatic N) is 1. The van der Waals surface area contributed by atoms with E-state index in [2.05, 4.69) is 5.32 Å². The number of alkyl halides is 3. The van der Waals surface area contributed by atoms with Crippen LogP contribution >= 0.6 is 11.6 Å². The molecule has 1 atom stereocenters. The second-order valence-electron chi connectivity index (χ2n) is 8.05. The number of rotatable bonds is 8. The lowest BCUT2D eigenvalue weighted by atomic mass is 10.1. The zero-order chi connectivity index (χ0) is 26.7. The first kappa shape index (κ1) is 27.3. The van der Waals surface area contributed by atoms with E-state index in [1.165, 1.54) is 19.2 Å². The Morgan fingerprint density at radius 2 is 1.67 bits per heavy atom. The van der Waals surface area contributed by atoms with Crippen molar-refractivity contribution >= 4 is 33.2 Å². The largest absolute Gasteiger partial charge is 0.497 e. The molecule has 1 N–H and O–H groups in total. The summed E-state index contributed by atoms with van der Waals surface area (Å²) in [6.45, 7) is 2.70. The lowest BCUT2D eigenvalue weighted by molar-refractivity contribution is -0.137. The molecule has 0 aliphatic heterocycles. The standard InChI is InChI=1S/C25H24ClF3N2O4S/c1-16-4-11-21(12-5-16)36(33,34)31(19-8-13-23(26)22(14-19)25(27,28)29)15-24(32)30-17(2)18-6-9-20(35-3)10-7-18/h4-14,17H,15H2,1-3H3,(H,30,32). The minimum atomic E-state index is -4.82. The topological polar surface area (TPSA) is 75.7 Å². The summed E-state index contributed by atoms with van der Waals surface area (Å²) in [6.07, 6.45) is -4.82. The highest BCUT2D eigenvalue weighted by atomic mass is 35.5. The number of hydrogen-bond acceptors (Lipinski definition) is 4. The average Bonchev–Trinajstić information content (AvgIpc) is 2.82. The zero-order valence-corrected chi connectivity index (χ0v) is 21.2. The first-order valence-corrected chi connectivity index (χ1v) is 12.5. The molecule has 0 spiro atoms. The summed E-state index contributed by atoms with van der Waals surface area (Å²) in [6, 6.07) is 14.8. The molecule has 0 heterocycles. The molecule has 0 aliphatic carbocycles. The van der Waals surface area contributed by atoms with Crippen LogP contribution in [-0.4, -0.2) is 28.0 Å². The highest BCUT2D eigenvalue weighted by molar-refractivity contribution is 7.92. The van der Waals surface area contributed by atoms with Gasteiger partial charge in [0.25, 0.3) is 10.0 Å². The van der Waals surface area contributed by atoms with Gasteiger partial charge in [-0.2, -0.15) is 13.2 Å². The number of sulfonamides is 1. The number of ether oxygens (including phenoxy) is 1. The Morgan fingerprint density at radius 1 is 1.06 bits per heavy atom. The van der Waals surface area contributed by atoms with Gasteiger partial charge in [0.15, 0.2) is 0 Å². The van der Waals surface area contributed by atoms with Crippen molar-refractivity contribution in [2.75, 3.05) is 18.0 Å². The second-order valence-corrected chi connectivity index (χ2v) is 10.3. The fourth-order valence-electron chi connectivity index (χ4n) is 3.43. The summed E-state index contributed by atoms with van der Waals surface area (Å²) >= 11 is 5.72. The molecule has 11 heteroatoms. The van der Waals surface area contributed by atoms with Gasteiger partial charge in [-0.3, -0.25) is 9.10 Å². The summed E-state index contributed by atoms with van der Waals surface area (Å²) in [5, 5.41) is 2.10. The zero-order valence-electron chi connectivity index (χ0n) is 19.6. The van der Waals surface area contributed by atoms with Crippen LogP contribution in [0.3, 0.4) is 0 Å². The van der Waals surface area contributed by atoms with Crippen molar-refractivity contribution in [2.24, 2.45) is 0 Å². The van der Waals surface area contributed by atoms with Crippen molar-refractivity contribution in [1.82, 2.24) is 5.32 Å². The third kappa shape index (κ3) is 6.30. The highest BCUT2D eigenvalue weighted by Crippen LogP contribution is 2.38. The Kier molecular flexibility index (Phi) is 8.20. The average molecular weight is 541 g/mol. The number of benzene rings is 3. The molecule has 3 rings (SSSR count). The highest BCUT2D eigenvalue weighted by Gasteiger charge is 2.35. The second kappa shape index (κ2) is 10.8. The van der Waals surface area contributed by atoms with Crippen LogP contribution in [0.4, 0.5) is 18.9 Å². The fourth-order valence-corrected chi connectivity index (χ4v) is 5.07. The van der Waals surface area contributed by atoms with Crippen LogP contribution < -0.4 is 14.4 Å². The van der Waals surface area contributed by atoms with Gasteiger partial charge in [0.1, 0.15) is 12.3 Å². The number of aryl methyl sites for hydroxylation is 1. The molecule has 6 nitrogen and oxygen atoms in total. The number of nitrogens with one attached hydrogen (secondary N) is 1. The van der Waals surface area contributed by atoms with Gasteiger partial charge in [0.2, 0.25) is 5.91 Å². The molecule has 0 aliphatic rings. The van der Waals surface area contributed by atoms with Crippen molar-refractivity contribution in [1.29, 1.82) is 0 Å². The molecule has 0 saturated carbocycles. The van der Waals surface area contributed by atoms with E-state index < -0.39 is 45.3 Å². The number of carbonyl (C=O) groups excluding carboxylic acids is 1. The predicted molar refractivity (Wildman–Crippen MR) is 132 cm³/mol. The molecule has 0 bridgehead atoms. The fraction of sp³-hybridized carbons (Fsp3) is 0.240. The van der Waals surface area contributed by atoms with Gasteiger partial charge in [0, 0.05) is 0 Å². The van der Waals surface area contributed by atoms with Gasteiger partial charge in [-0.05, 0) is 61.9 Å². The number of methoxy groups -OCH3 is 1. The summed E-state index contributed by atoms with van der Waals surface area (Å²) in [4.78, 5) is 12.8. The Bertz CT molecular complexity index is 1330. The molecular weight excluding hydrogens is 517 g/mol. The molecule has 3 aromatic rings. The van der Waals surface area contributed by atoms with Crippen molar-refractivity contribution in [2.45, 2.75) is 31.0 Å². The van der Waals surface area contributed by atoms with Gasteiger partial charge in [-0.15, -0.1) is 0 Å². The van der Waals surface area contributed by atoms with E-state index in [4.69, 9.17) is 16.3 Å². The minimum absolute atomic E-state index is 0.174. The van der Waals surface area contributed by atoms with Crippen LogP contribution in [-0.2, 0) is 21.0 Å². The maximum Gasteiger partial charge on any atom is 0.417 e. The third-order valence-electron chi connectivity index (χ3n) is 5.43. The van der Waals surface area contributed by atoms with Gasteiger partial charge >= 0.3 is 6.18 Å². The van der Waals surface area contributed by atoms with Crippen molar-refractivity contribution in [3.8, 4) is 5.75 Å². The summed E-state index contributed by atoms with van der Waals surface area (Å²) in [5.74, 6) is -0.0895. The Balaban J connectivity index is 1.97. The lowest BCUT2D eigenvalue weighted by Crippen LogP contribution is -2.41. The normalized spacial score (nSPS) is 12.6. The van der Waals surface area contributed by atoms with Crippen LogP contribution in [0.25, 0.3) is 0 Å². The first-order valence-electron chi connectivity index (χ1n) is 10.7. The smallest absolute Gasteiger partial charge is 0.417 e. The van der Waals surface area contributed by atoms with Crippen LogP contribution in [0, 0.1) is 6.92 Å². The van der Waals surface area contributed by atoms with Crippen LogP contribution in [0.5, 0.6) is 5.75 Å². The van der Waals surface area contributed by atoms with Gasteiger partial charge in [-0.1, -0.05) is 41.4 Å². The molecule has 0 saturated heterocycles. The summed E-state index contributed by atoms with van der Waals surface area (Å²) in [7, 11) is -2.89. The molecule has 192 valence electrons.